The molecule has 66 valence electrons. The molecule has 0 amide bonds. The molecule has 0 radical (unpaired) electrons. The molecule has 0 unspecified atom stereocenters. The van der Waals surface area contributed by atoms with E-state index in [1.54, 1.807) is 11.8 Å². The molecule has 1 aliphatic carbocycles. The standard InChI is InChI=1S/C8H16O2S/c9-5-6-11-7-8(10)3-1-2-4-8/h9-10H,1-7H2. The highest BCUT2D eigenvalue weighted by Crippen LogP contribution is 2.32. The SMILES string of the molecule is OCCSCC1(O)CCCC1. The number of thioether (sulfide) groups is 1. The zero-order chi connectivity index (χ0) is 8.16. The van der Waals surface area contributed by atoms with E-state index in [2.05, 4.69) is 0 Å². The van der Waals surface area contributed by atoms with E-state index in [1.165, 1.54) is 0 Å². The molecule has 0 aliphatic heterocycles. The average molecular weight is 176 g/mol. The molecule has 0 spiro atoms. The number of rotatable bonds is 4. The van der Waals surface area contributed by atoms with Crippen LogP contribution in [0.15, 0.2) is 0 Å². The van der Waals surface area contributed by atoms with E-state index in [4.69, 9.17) is 5.11 Å². The van der Waals surface area contributed by atoms with Crippen molar-refractivity contribution in [3.8, 4) is 0 Å². The lowest BCUT2D eigenvalue weighted by Gasteiger charge is -2.20. The van der Waals surface area contributed by atoms with Crippen LogP contribution in [0.25, 0.3) is 0 Å². The van der Waals surface area contributed by atoms with Gasteiger partial charge in [-0.3, -0.25) is 0 Å². The van der Waals surface area contributed by atoms with Crippen LogP contribution in [0.1, 0.15) is 25.7 Å². The first-order valence-corrected chi connectivity index (χ1v) is 5.33. The highest BCUT2D eigenvalue weighted by atomic mass is 32.2. The monoisotopic (exact) mass is 176 g/mol. The molecule has 0 heterocycles. The summed E-state index contributed by atoms with van der Waals surface area (Å²) < 4.78 is 0. The second-order valence-electron chi connectivity index (χ2n) is 3.21. The Balaban J connectivity index is 2.13. The van der Waals surface area contributed by atoms with Crippen LogP contribution in [-0.4, -0.2) is 33.9 Å². The lowest BCUT2D eigenvalue weighted by atomic mass is 10.1. The van der Waals surface area contributed by atoms with Crippen molar-refractivity contribution < 1.29 is 10.2 Å². The summed E-state index contributed by atoms with van der Waals surface area (Å²) >= 11 is 1.65. The third-order valence-electron chi connectivity index (χ3n) is 2.14. The van der Waals surface area contributed by atoms with Gasteiger partial charge in [0.05, 0.1) is 12.2 Å². The molecular weight excluding hydrogens is 160 g/mol. The molecule has 3 heteroatoms. The summed E-state index contributed by atoms with van der Waals surface area (Å²) in [5.74, 6) is 1.55. The second-order valence-corrected chi connectivity index (χ2v) is 4.31. The Morgan fingerprint density at radius 2 is 1.91 bits per heavy atom. The lowest BCUT2D eigenvalue weighted by Crippen LogP contribution is -2.27. The van der Waals surface area contributed by atoms with Crippen LogP contribution in [-0.2, 0) is 0 Å². The first-order chi connectivity index (χ1) is 5.27. The van der Waals surface area contributed by atoms with Gasteiger partial charge in [-0.2, -0.15) is 11.8 Å². The van der Waals surface area contributed by atoms with Crippen LogP contribution in [0.4, 0.5) is 0 Å². The summed E-state index contributed by atoms with van der Waals surface area (Å²) in [6.07, 6.45) is 4.23. The van der Waals surface area contributed by atoms with E-state index in [-0.39, 0.29) is 6.61 Å². The van der Waals surface area contributed by atoms with Crippen molar-refractivity contribution in [2.45, 2.75) is 31.3 Å². The first-order valence-electron chi connectivity index (χ1n) is 4.18. The molecule has 0 aromatic rings. The van der Waals surface area contributed by atoms with Crippen LogP contribution >= 0.6 is 11.8 Å². The van der Waals surface area contributed by atoms with Gasteiger partial charge in [0.2, 0.25) is 0 Å². The molecule has 2 nitrogen and oxygen atoms in total. The maximum Gasteiger partial charge on any atom is 0.0737 e. The number of hydrogen-bond acceptors (Lipinski definition) is 3. The topological polar surface area (TPSA) is 40.5 Å². The Bertz CT molecular complexity index is 111. The molecule has 1 rings (SSSR count). The van der Waals surface area contributed by atoms with Crippen LogP contribution in [0, 0.1) is 0 Å². The summed E-state index contributed by atoms with van der Waals surface area (Å²) in [7, 11) is 0. The summed E-state index contributed by atoms with van der Waals surface area (Å²) in [5.41, 5.74) is -0.403. The van der Waals surface area contributed by atoms with Gasteiger partial charge in [0, 0.05) is 11.5 Å². The Kier molecular flexibility index (Phi) is 3.69. The first kappa shape index (κ1) is 9.36. The van der Waals surface area contributed by atoms with Gasteiger partial charge in [-0.1, -0.05) is 12.8 Å². The van der Waals surface area contributed by atoms with Gasteiger partial charge in [0.25, 0.3) is 0 Å². The maximum atomic E-state index is 9.82. The average Bonchev–Trinajstić information content (AvgIpc) is 2.38. The van der Waals surface area contributed by atoms with Gasteiger partial charge in [0.15, 0.2) is 0 Å². The minimum Gasteiger partial charge on any atom is -0.396 e. The highest BCUT2D eigenvalue weighted by molar-refractivity contribution is 7.99. The van der Waals surface area contributed by atoms with Gasteiger partial charge < -0.3 is 10.2 Å². The molecule has 1 aliphatic rings. The summed E-state index contributed by atoms with van der Waals surface area (Å²) in [4.78, 5) is 0. The smallest absolute Gasteiger partial charge is 0.0737 e. The molecule has 0 atom stereocenters. The van der Waals surface area contributed by atoms with E-state index >= 15 is 0 Å². The van der Waals surface area contributed by atoms with Crippen molar-refractivity contribution >= 4 is 11.8 Å². The Hall–Kier alpha value is 0.270. The van der Waals surface area contributed by atoms with Crippen LogP contribution in [0.3, 0.4) is 0 Å². The number of aliphatic hydroxyl groups excluding tert-OH is 1. The van der Waals surface area contributed by atoms with Crippen LogP contribution in [0.5, 0.6) is 0 Å². The normalized spacial score (nSPS) is 22.4. The molecule has 0 saturated heterocycles. The fourth-order valence-electron chi connectivity index (χ4n) is 1.50. The second kappa shape index (κ2) is 4.33. The third kappa shape index (κ3) is 3.01. The Morgan fingerprint density at radius 3 is 2.45 bits per heavy atom. The molecule has 1 fully saturated rings. The van der Waals surface area contributed by atoms with E-state index in [0.717, 1.165) is 37.2 Å². The van der Waals surface area contributed by atoms with E-state index in [0.29, 0.717) is 0 Å². The molecule has 0 aromatic carbocycles. The Morgan fingerprint density at radius 1 is 1.27 bits per heavy atom. The minimum absolute atomic E-state index is 0.223. The van der Waals surface area contributed by atoms with Crippen molar-refractivity contribution in [1.82, 2.24) is 0 Å². The minimum atomic E-state index is -0.403. The van der Waals surface area contributed by atoms with Crippen molar-refractivity contribution in [1.29, 1.82) is 0 Å². The molecule has 1 saturated carbocycles. The van der Waals surface area contributed by atoms with Crippen molar-refractivity contribution in [2.75, 3.05) is 18.1 Å². The van der Waals surface area contributed by atoms with Crippen molar-refractivity contribution in [3.63, 3.8) is 0 Å². The van der Waals surface area contributed by atoms with Crippen LogP contribution < -0.4 is 0 Å². The predicted molar refractivity (Wildman–Crippen MR) is 47.8 cm³/mol. The van der Waals surface area contributed by atoms with Gasteiger partial charge in [0.1, 0.15) is 0 Å². The zero-order valence-electron chi connectivity index (χ0n) is 6.75. The van der Waals surface area contributed by atoms with E-state index < -0.39 is 5.60 Å². The fraction of sp³-hybridized carbons (Fsp3) is 1.00. The van der Waals surface area contributed by atoms with Crippen LogP contribution in [0.2, 0.25) is 0 Å². The molecule has 0 bridgehead atoms. The number of aliphatic hydroxyl groups is 2. The molecular formula is C8H16O2S. The molecule has 11 heavy (non-hydrogen) atoms. The summed E-state index contributed by atoms with van der Waals surface area (Å²) in [6, 6.07) is 0. The number of hydrogen-bond donors (Lipinski definition) is 2. The highest BCUT2D eigenvalue weighted by Gasteiger charge is 2.30. The van der Waals surface area contributed by atoms with Gasteiger partial charge in [-0.15, -0.1) is 0 Å². The fourth-order valence-corrected chi connectivity index (χ4v) is 2.45. The van der Waals surface area contributed by atoms with Crippen molar-refractivity contribution in [2.24, 2.45) is 0 Å². The van der Waals surface area contributed by atoms with Crippen molar-refractivity contribution in [3.05, 3.63) is 0 Å². The molecule has 0 aromatic heterocycles. The Labute approximate surface area is 72.0 Å². The maximum absolute atomic E-state index is 9.82. The lowest BCUT2D eigenvalue weighted by molar-refractivity contribution is 0.0732. The molecule has 2 N–H and O–H groups in total. The van der Waals surface area contributed by atoms with Gasteiger partial charge >= 0.3 is 0 Å². The zero-order valence-corrected chi connectivity index (χ0v) is 7.57. The largest absolute Gasteiger partial charge is 0.396 e. The van der Waals surface area contributed by atoms with E-state index in [1.807, 2.05) is 0 Å². The van der Waals surface area contributed by atoms with Gasteiger partial charge in [-0.25, -0.2) is 0 Å². The summed E-state index contributed by atoms with van der Waals surface area (Å²) in [5, 5.41) is 18.3. The van der Waals surface area contributed by atoms with Gasteiger partial charge in [-0.05, 0) is 12.8 Å². The quantitative estimate of drug-likeness (QED) is 0.628. The summed E-state index contributed by atoms with van der Waals surface area (Å²) in [6.45, 7) is 0.223. The van der Waals surface area contributed by atoms with E-state index in [9.17, 15) is 5.11 Å². The predicted octanol–water partition coefficient (Wildman–Crippen LogP) is 1.02. The third-order valence-corrected chi connectivity index (χ3v) is 3.35.